The van der Waals surface area contributed by atoms with E-state index in [1.54, 1.807) is 32.0 Å². The van der Waals surface area contributed by atoms with Gasteiger partial charge in [0.1, 0.15) is 27.6 Å². The van der Waals surface area contributed by atoms with Crippen molar-refractivity contribution in [3.63, 3.8) is 0 Å². The molecule has 324 valence electrons. The van der Waals surface area contributed by atoms with Gasteiger partial charge in [0.2, 0.25) is 0 Å². The van der Waals surface area contributed by atoms with Crippen LogP contribution in [0.2, 0.25) is 0 Å². The van der Waals surface area contributed by atoms with Crippen molar-refractivity contribution >= 4 is 59.9 Å². The van der Waals surface area contributed by atoms with Crippen molar-refractivity contribution in [3.05, 3.63) is 34.2 Å². The highest BCUT2D eigenvalue weighted by atomic mass is 32.2. The number of methoxy groups -OCH3 is 1. The number of nitrogens with zero attached hydrogens (tertiary/aromatic N) is 4. The van der Waals surface area contributed by atoms with E-state index in [1.807, 2.05) is 13.8 Å². The van der Waals surface area contributed by atoms with Crippen LogP contribution in [0.3, 0.4) is 0 Å². The molecule has 0 spiro atoms. The average molecular weight is 869 g/mol. The molecule has 19 nitrogen and oxygen atoms in total. The van der Waals surface area contributed by atoms with E-state index in [4.69, 9.17) is 37.7 Å². The second-order valence-electron chi connectivity index (χ2n) is 11.9. The summed E-state index contributed by atoms with van der Waals surface area (Å²) in [5.74, 6) is -2.77. The number of anilines is 1. The van der Waals surface area contributed by atoms with Crippen LogP contribution < -0.4 is 9.64 Å². The van der Waals surface area contributed by atoms with Gasteiger partial charge >= 0.3 is 11.9 Å². The number of azo groups is 1. The quantitative estimate of drug-likeness (QED) is 0.0462. The van der Waals surface area contributed by atoms with Crippen LogP contribution >= 0.6 is 11.3 Å². The van der Waals surface area contributed by atoms with Crippen molar-refractivity contribution in [3.8, 4) is 5.75 Å². The Balaban J connectivity index is 1.85. The van der Waals surface area contributed by atoms with E-state index in [0.29, 0.717) is 103 Å². The van der Waals surface area contributed by atoms with Crippen LogP contribution in [-0.2, 0) is 54.4 Å². The van der Waals surface area contributed by atoms with Crippen molar-refractivity contribution in [2.45, 2.75) is 39.9 Å². The lowest BCUT2D eigenvalue weighted by Crippen LogP contribution is -2.30. The topological polar surface area (TPSA) is 239 Å². The first-order valence-corrected chi connectivity index (χ1v) is 22.5. The summed E-state index contributed by atoms with van der Waals surface area (Å²) in [6.07, 6.45) is 0.361. The molecule has 0 bridgehead atoms. The molecule has 0 fully saturated rings. The summed E-state index contributed by atoms with van der Waals surface area (Å²) < 4.78 is 102. The van der Waals surface area contributed by atoms with Gasteiger partial charge in [0.15, 0.2) is 5.00 Å². The van der Waals surface area contributed by atoms with E-state index < -0.39 is 37.9 Å². The molecule has 1 heterocycles. The summed E-state index contributed by atoms with van der Waals surface area (Å²) >= 11 is 0.688. The largest absolute Gasteiger partial charge is 0.494 e. The van der Waals surface area contributed by atoms with E-state index >= 15 is 0 Å². The average Bonchev–Trinajstić information content (AvgIpc) is 3.51. The zero-order chi connectivity index (χ0) is 42.3. The van der Waals surface area contributed by atoms with E-state index in [0.717, 1.165) is 12.2 Å². The van der Waals surface area contributed by atoms with Crippen LogP contribution in [-0.4, -0.2) is 154 Å². The summed E-state index contributed by atoms with van der Waals surface area (Å²) in [5, 5.41) is 8.30. The first-order chi connectivity index (χ1) is 27.2. The Morgan fingerprint density at radius 1 is 0.737 bits per heavy atom. The van der Waals surface area contributed by atoms with Gasteiger partial charge in [-0.25, -0.2) is 9.59 Å². The lowest BCUT2D eigenvalue weighted by molar-refractivity contribution is -0.00310. The van der Waals surface area contributed by atoms with Crippen LogP contribution in [0.25, 0.3) is 0 Å². The maximum atomic E-state index is 12.9. The van der Waals surface area contributed by atoms with Crippen LogP contribution in [0, 0.1) is 0 Å². The molecule has 2 rings (SSSR count). The zero-order valence-electron chi connectivity index (χ0n) is 33.2. The Morgan fingerprint density at radius 2 is 1.32 bits per heavy atom. The van der Waals surface area contributed by atoms with Gasteiger partial charge in [-0.05, 0) is 52.4 Å². The van der Waals surface area contributed by atoms with Gasteiger partial charge in [0.25, 0.3) is 20.2 Å². The molecular weight excluding hydrogens is 813 g/mol. The van der Waals surface area contributed by atoms with Crippen molar-refractivity contribution in [2.24, 2.45) is 10.2 Å². The Labute approximate surface area is 339 Å². The fourth-order valence-electron chi connectivity index (χ4n) is 5.16. The van der Waals surface area contributed by atoms with Gasteiger partial charge in [-0.15, -0.1) is 21.6 Å². The fourth-order valence-corrected chi connectivity index (χ4v) is 7.42. The number of hydrogen-bond acceptors (Lipinski definition) is 18. The number of thiophene rings is 1. The summed E-state index contributed by atoms with van der Waals surface area (Å²) in [5.41, 5.74) is 0.491. The van der Waals surface area contributed by atoms with Gasteiger partial charge in [0.05, 0.1) is 78.9 Å². The monoisotopic (exact) mass is 868 g/mol. The predicted octanol–water partition coefficient (Wildman–Crippen LogP) is 4.41. The van der Waals surface area contributed by atoms with Crippen molar-refractivity contribution in [1.29, 1.82) is 0 Å². The summed E-state index contributed by atoms with van der Waals surface area (Å²) in [4.78, 5) is 29.5. The molecule has 22 heteroatoms. The molecule has 0 atom stereocenters. The Morgan fingerprint density at radius 3 is 1.84 bits per heavy atom. The number of esters is 2. The van der Waals surface area contributed by atoms with Crippen molar-refractivity contribution in [2.75, 3.05) is 117 Å². The highest BCUT2D eigenvalue weighted by Gasteiger charge is 2.31. The molecule has 0 unspecified atom stereocenters. The van der Waals surface area contributed by atoms with Gasteiger partial charge in [-0.3, -0.25) is 9.11 Å². The number of likely N-dealkylation sites (N-methyl/N-ethyl adjacent to an activating group) is 2. The molecule has 2 aromatic rings. The van der Waals surface area contributed by atoms with E-state index in [-0.39, 0.29) is 45.7 Å². The number of carbonyl (C=O) groups excluding carboxylic acids is 2. The standard InChI is InChI=1S/C35H56N4O15S3/c1-6-38(13-10-24-56(42,43)44)14-16-49-18-20-51-22-23-52-21-19-50-17-15-39(7-2)27-11-12-29(30(25-27)48-5)36-37-33-31(34(40)53-8-3)28(26-57(45,46)47)32(55-33)35(41)54-9-4/h11-12,25H,6-10,13-24,26H2,1-5H3,(H,42,43,44)(H,45,46,47). The minimum atomic E-state index is -4.67. The SMILES string of the molecule is CCOC(=O)c1sc(N=Nc2ccc(N(CC)CCOCCOCCOCCOCCN(CC)CCCS(=O)(=O)O)cc2OC)c(C(=O)OCC)c1CS(=O)(=O)O. The number of rotatable bonds is 31. The summed E-state index contributed by atoms with van der Waals surface area (Å²) in [7, 11) is -7.15. The van der Waals surface area contributed by atoms with Crippen LogP contribution in [0.15, 0.2) is 28.4 Å². The van der Waals surface area contributed by atoms with Gasteiger partial charge in [-0.2, -0.15) is 16.8 Å². The molecule has 1 aromatic carbocycles. The van der Waals surface area contributed by atoms with E-state index in [1.165, 1.54) is 7.11 Å². The Hall–Kier alpha value is -3.32. The van der Waals surface area contributed by atoms with Crippen molar-refractivity contribution < 1.29 is 68.7 Å². The maximum absolute atomic E-state index is 12.9. The van der Waals surface area contributed by atoms with Gasteiger partial charge in [0, 0.05) is 37.0 Å². The smallest absolute Gasteiger partial charge is 0.348 e. The van der Waals surface area contributed by atoms with Gasteiger partial charge in [-0.1, -0.05) is 6.92 Å². The highest BCUT2D eigenvalue weighted by Crippen LogP contribution is 2.40. The zero-order valence-corrected chi connectivity index (χ0v) is 35.6. The predicted molar refractivity (Wildman–Crippen MR) is 213 cm³/mol. The number of hydrogen-bond donors (Lipinski definition) is 2. The molecule has 0 saturated heterocycles. The van der Waals surface area contributed by atoms with E-state index in [9.17, 15) is 31.0 Å². The number of benzene rings is 1. The van der Waals surface area contributed by atoms with Gasteiger partial charge < -0.3 is 43.0 Å². The molecule has 0 radical (unpaired) electrons. The lowest BCUT2D eigenvalue weighted by Gasteiger charge is -2.23. The molecule has 0 aliphatic heterocycles. The molecule has 1 aromatic heterocycles. The first kappa shape index (κ1) is 49.8. The molecule has 0 saturated carbocycles. The third-order valence-corrected chi connectivity index (χ3v) is 10.5. The molecule has 0 aliphatic rings. The highest BCUT2D eigenvalue weighted by molar-refractivity contribution is 7.85. The molecule has 0 aliphatic carbocycles. The van der Waals surface area contributed by atoms with Crippen molar-refractivity contribution in [1.82, 2.24) is 4.90 Å². The molecule has 57 heavy (non-hydrogen) atoms. The van der Waals surface area contributed by atoms with E-state index in [2.05, 4.69) is 20.0 Å². The third kappa shape index (κ3) is 19.3. The first-order valence-electron chi connectivity index (χ1n) is 18.5. The minimum absolute atomic E-state index is 0.0157. The summed E-state index contributed by atoms with van der Waals surface area (Å²) in [6.45, 7) is 13.6. The number of ether oxygens (including phenoxy) is 7. The lowest BCUT2D eigenvalue weighted by atomic mass is 10.1. The second kappa shape index (κ2) is 26.6. The number of carbonyl (C=O) groups is 2. The van der Waals surface area contributed by atoms with Crippen LogP contribution in [0.4, 0.5) is 16.4 Å². The maximum Gasteiger partial charge on any atom is 0.348 e. The molecular formula is C35H56N4O15S3. The molecule has 0 amide bonds. The summed E-state index contributed by atoms with van der Waals surface area (Å²) in [6, 6.07) is 5.23. The Bertz CT molecular complexity index is 1770. The third-order valence-electron chi connectivity index (χ3n) is 7.91. The van der Waals surface area contributed by atoms with Crippen LogP contribution in [0.5, 0.6) is 5.75 Å². The minimum Gasteiger partial charge on any atom is -0.494 e. The fraction of sp³-hybridized carbons (Fsp3) is 0.657. The molecule has 2 N–H and O–H groups in total. The second-order valence-corrected chi connectivity index (χ2v) is 15.9. The Kier molecular flexibility index (Phi) is 23.3. The van der Waals surface area contributed by atoms with Crippen LogP contribution in [0.1, 0.15) is 59.7 Å². The normalized spacial score (nSPS) is 12.1.